The molecule has 0 spiro atoms. The molecule has 1 fully saturated rings. The van der Waals surface area contributed by atoms with Crippen LogP contribution < -0.4 is 5.73 Å². The maximum Gasteiger partial charge on any atom is 0.159 e. The number of ether oxygens (including phenoxy) is 1. The summed E-state index contributed by atoms with van der Waals surface area (Å²) < 4.78 is 31.6. The van der Waals surface area contributed by atoms with Crippen molar-refractivity contribution in [3.8, 4) is 0 Å². The van der Waals surface area contributed by atoms with E-state index in [-0.39, 0.29) is 12.1 Å². The second-order valence-corrected chi connectivity index (χ2v) is 4.63. The first-order chi connectivity index (χ1) is 8.59. The third-order valence-electron chi connectivity index (χ3n) is 3.22. The second kappa shape index (κ2) is 5.73. The monoisotopic (exact) mass is 256 g/mol. The highest BCUT2D eigenvalue weighted by Crippen LogP contribution is 2.25. The number of nitrogens with zero attached hydrogens (tertiary/aromatic N) is 1. The summed E-state index contributed by atoms with van der Waals surface area (Å²) in [5.41, 5.74) is 6.70. The summed E-state index contributed by atoms with van der Waals surface area (Å²) in [4.78, 5) is 2.15. The second-order valence-electron chi connectivity index (χ2n) is 4.63. The van der Waals surface area contributed by atoms with Crippen molar-refractivity contribution in [3.05, 3.63) is 35.4 Å². The van der Waals surface area contributed by atoms with E-state index in [9.17, 15) is 8.78 Å². The van der Waals surface area contributed by atoms with Crippen molar-refractivity contribution in [2.45, 2.75) is 19.0 Å². The van der Waals surface area contributed by atoms with Crippen LogP contribution in [0.15, 0.2) is 18.2 Å². The molecule has 1 aliphatic rings. The van der Waals surface area contributed by atoms with E-state index >= 15 is 0 Å². The third-order valence-corrected chi connectivity index (χ3v) is 3.22. The summed E-state index contributed by atoms with van der Waals surface area (Å²) in [6.07, 6.45) is 0. The van der Waals surface area contributed by atoms with Gasteiger partial charge in [0.15, 0.2) is 11.6 Å². The van der Waals surface area contributed by atoms with Crippen molar-refractivity contribution < 1.29 is 13.5 Å². The van der Waals surface area contributed by atoms with Gasteiger partial charge in [0.1, 0.15) is 0 Å². The van der Waals surface area contributed by atoms with Crippen LogP contribution in [0.25, 0.3) is 0 Å². The minimum Gasteiger partial charge on any atom is -0.379 e. The van der Waals surface area contributed by atoms with Crippen molar-refractivity contribution in [2.24, 2.45) is 5.73 Å². The normalized spacial score (nSPS) is 20.7. The van der Waals surface area contributed by atoms with Crippen LogP contribution in [-0.2, 0) is 4.74 Å². The molecule has 0 radical (unpaired) electrons. The summed E-state index contributed by atoms with van der Waals surface area (Å²) in [6.45, 7) is 4.68. The van der Waals surface area contributed by atoms with Gasteiger partial charge < -0.3 is 10.5 Å². The van der Waals surface area contributed by atoms with Crippen LogP contribution in [0.1, 0.15) is 18.5 Å². The van der Waals surface area contributed by atoms with E-state index in [0.29, 0.717) is 18.8 Å². The SMILES string of the molecule is CC(N)C(c1ccc(F)c(F)c1)N1CCOCC1. The van der Waals surface area contributed by atoms with Crippen molar-refractivity contribution >= 4 is 0 Å². The van der Waals surface area contributed by atoms with Gasteiger partial charge in [0, 0.05) is 25.2 Å². The van der Waals surface area contributed by atoms with Crippen LogP contribution in [0.5, 0.6) is 0 Å². The van der Waals surface area contributed by atoms with Crippen LogP contribution in [0.4, 0.5) is 8.78 Å². The zero-order valence-corrected chi connectivity index (χ0v) is 10.4. The molecule has 0 aliphatic carbocycles. The first-order valence-corrected chi connectivity index (χ1v) is 6.12. The van der Waals surface area contributed by atoms with Crippen LogP contribution in [-0.4, -0.2) is 37.2 Å². The lowest BCUT2D eigenvalue weighted by atomic mass is 9.98. The predicted molar refractivity (Wildman–Crippen MR) is 65.1 cm³/mol. The van der Waals surface area contributed by atoms with Crippen molar-refractivity contribution in [2.75, 3.05) is 26.3 Å². The van der Waals surface area contributed by atoms with Gasteiger partial charge in [-0.2, -0.15) is 0 Å². The maximum absolute atomic E-state index is 13.3. The van der Waals surface area contributed by atoms with Gasteiger partial charge in [-0.25, -0.2) is 8.78 Å². The molecule has 1 aromatic rings. The fourth-order valence-corrected chi connectivity index (χ4v) is 2.40. The lowest BCUT2D eigenvalue weighted by Crippen LogP contribution is -2.45. The molecule has 100 valence electrons. The Morgan fingerprint density at radius 2 is 1.89 bits per heavy atom. The zero-order valence-electron chi connectivity index (χ0n) is 10.4. The number of hydrogen-bond acceptors (Lipinski definition) is 3. The van der Waals surface area contributed by atoms with Crippen molar-refractivity contribution in [1.82, 2.24) is 4.90 Å². The Morgan fingerprint density at radius 1 is 1.22 bits per heavy atom. The Hall–Kier alpha value is -1.04. The molecule has 1 saturated heterocycles. The van der Waals surface area contributed by atoms with E-state index in [1.807, 2.05) is 6.92 Å². The van der Waals surface area contributed by atoms with E-state index in [2.05, 4.69) is 4.90 Å². The average Bonchev–Trinajstić information content (AvgIpc) is 2.35. The van der Waals surface area contributed by atoms with Crippen LogP contribution in [0, 0.1) is 11.6 Å². The van der Waals surface area contributed by atoms with Gasteiger partial charge in [0.25, 0.3) is 0 Å². The molecule has 5 heteroatoms. The highest BCUT2D eigenvalue weighted by Gasteiger charge is 2.26. The number of rotatable bonds is 3. The molecular weight excluding hydrogens is 238 g/mol. The summed E-state index contributed by atoms with van der Waals surface area (Å²) in [7, 11) is 0. The minimum atomic E-state index is -0.829. The highest BCUT2D eigenvalue weighted by atomic mass is 19.2. The minimum absolute atomic E-state index is 0.107. The first kappa shape index (κ1) is 13.4. The standard InChI is InChI=1S/C13H18F2N2O/c1-9(16)13(17-4-6-18-7-5-17)10-2-3-11(14)12(15)8-10/h2-3,8-9,13H,4-7,16H2,1H3. The molecule has 18 heavy (non-hydrogen) atoms. The molecule has 2 unspecified atom stereocenters. The molecule has 1 heterocycles. The van der Waals surface area contributed by atoms with Gasteiger partial charge in [0.05, 0.1) is 13.2 Å². The molecular formula is C13H18F2N2O. The molecule has 1 aromatic carbocycles. The summed E-state index contributed by atoms with van der Waals surface area (Å²) in [5.74, 6) is -1.66. The molecule has 0 aromatic heterocycles. The number of halogens is 2. The van der Waals surface area contributed by atoms with E-state index in [0.717, 1.165) is 19.2 Å². The molecule has 0 saturated carbocycles. The quantitative estimate of drug-likeness (QED) is 0.894. The average molecular weight is 256 g/mol. The highest BCUT2D eigenvalue weighted by molar-refractivity contribution is 5.23. The number of morpholine rings is 1. The van der Waals surface area contributed by atoms with E-state index in [1.54, 1.807) is 6.07 Å². The first-order valence-electron chi connectivity index (χ1n) is 6.12. The molecule has 2 N–H and O–H groups in total. The summed E-state index contributed by atoms with van der Waals surface area (Å²) in [5, 5.41) is 0. The van der Waals surface area contributed by atoms with Crippen molar-refractivity contribution in [3.63, 3.8) is 0 Å². The third kappa shape index (κ3) is 2.85. The topological polar surface area (TPSA) is 38.5 Å². The van der Waals surface area contributed by atoms with E-state index < -0.39 is 11.6 Å². The van der Waals surface area contributed by atoms with Gasteiger partial charge in [0.2, 0.25) is 0 Å². The van der Waals surface area contributed by atoms with Gasteiger partial charge in [-0.15, -0.1) is 0 Å². The van der Waals surface area contributed by atoms with Crippen LogP contribution >= 0.6 is 0 Å². The number of benzene rings is 1. The maximum atomic E-state index is 13.3. The largest absolute Gasteiger partial charge is 0.379 e. The molecule has 0 amide bonds. The van der Waals surface area contributed by atoms with E-state index in [1.165, 1.54) is 6.07 Å². The number of nitrogens with two attached hydrogens (primary N) is 1. The van der Waals surface area contributed by atoms with Gasteiger partial charge in [-0.3, -0.25) is 4.90 Å². The molecule has 2 atom stereocenters. The van der Waals surface area contributed by atoms with Crippen LogP contribution in [0.3, 0.4) is 0 Å². The van der Waals surface area contributed by atoms with Gasteiger partial charge >= 0.3 is 0 Å². The Balaban J connectivity index is 2.25. The molecule has 1 aliphatic heterocycles. The molecule has 3 nitrogen and oxygen atoms in total. The summed E-state index contributed by atoms with van der Waals surface area (Å²) >= 11 is 0. The van der Waals surface area contributed by atoms with Crippen molar-refractivity contribution in [1.29, 1.82) is 0 Å². The lowest BCUT2D eigenvalue weighted by molar-refractivity contribution is 0.0116. The van der Waals surface area contributed by atoms with E-state index in [4.69, 9.17) is 10.5 Å². The van der Waals surface area contributed by atoms with Gasteiger partial charge in [-0.1, -0.05) is 6.07 Å². The smallest absolute Gasteiger partial charge is 0.159 e. The Bertz CT molecular complexity index is 406. The predicted octanol–water partition coefficient (Wildman–Crippen LogP) is 1.69. The fourth-order valence-electron chi connectivity index (χ4n) is 2.40. The number of hydrogen-bond donors (Lipinski definition) is 1. The molecule has 0 bridgehead atoms. The van der Waals surface area contributed by atoms with Crippen LogP contribution in [0.2, 0.25) is 0 Å². The Morgan fingerprint density at radius 3 is 2.44 bits per heavy atom. The Labute approximate surface area is 106 Å². The molecule has 2 rings (SSSR count). The lowest BCUT2D eigenvalue weighted by Gasteiger charge is -2.37. The summed E-state index contributed by atoms with van der Waals surface area (Å²) in [6, 6.07) is 3.72. The van der Waals surface area contributed by atoms with Gasteiger partial charge in [-0.05, 0) is 24.6 Å². The zero-order chi connectivity index (χ0) is 13.1. The Kier molecular flexibility index (Phi) is 4.27. The fraction of sp³-hybridized carbons (Fsp3) is 0.538.